The van der Waals surface area contributed by atoms with Crippen molar-refractivity contribution in [1.82, 2.24) is 10.2 Å². The van der Waals surface area contributed by atoms with Crippen molar-refractivity contribution in [2.45, 2.75) is 19.1 Å². The summed E-state index contributed by atoms with van der Waals surface area (Å²) < 4.78 is 10.5. The van der Waals surface area contributed by atoms with Gasteiger partial charge in [0.1, 0.15) is 10.7 Å². The number of halogens is 1. The topological polar surface area (TPSA) is 85.5 Å². The maximum Gasteiger partial charge on any atom is 0.342 e. The molecule has 0 saturated heterocycles. The molecular weight excluding hydrogens is 328 g/mol. The summed E-state index contributed by atoms with van der Waals surface area (Å²) in [7, 11) is 0. The number of rotatable bonds is 6. The zero-order valence-electron chi connectivity index (χ0n) is 11.9. The summed E-state index contributed by atoms with van der Waals surface area (Å²) in [5, 5.41) is 17.3. The van der Waals surface area contributed by atoms with Crippen LogP contribution in [0.25, 0.3) is 6.08 Å². The zero-order valence-corrected chi connectivity index (χ0v) is 13.4. The molecule has 0 saturated carbocycles. The third kappa shape index (κ3) is 4.25. The second kappa shape index (κ2) is 7.33. The number of nitrogens with zero attached hydrogens (tertiary/aromatic N) is 2. The highest BCUT2D eigenvalue weighted by atomic mass is 35.5. The lowest BCUT2D eigenvalue weighted by atomic mass is 10.2. The van der Waals surface area contributed by atoms with E-state index in [2.05, 4.69) is 10.2 Å². The molecule has 2 aromatic rings. The van der Waals surface area contributed by atoms with Crippen LogP contribution in [0.4, 0.5) is 0 Å². The molecule has 2 rings (SSSR count). The highest BCUT2D eigenvalue weighted by Crippen LogP contribution is 2.30. The minimum Gasteiger partial charge on any atom is -0.492 e. The molecule has 0 unspecified atom stereocenters. The van der Waals surface area contributed by atoms with Crippen LogP contribution in [-0.2, 0) is 4.79 Å². The number of carboxylic acid groups (broad SMARTS) is 1. The summed E-state index contributed by atoms with van der Waals surface area (Å²) in [6.45, 7) is 3.99. The van der Waals surface area contributed by atoms with E-state index in [9.17, 15) is 9.90 Å². The molecule has 6 nitrogen and oxygen atoms in total. The monoisotopic (exact) mass is 340 g/mol. The van der Waals surface area contributed by atoms with Gasteiger partial charge in [-0.25, -0.2) is 4.79 Å². The van der Waals surface area contributed by atoms with Crippen molar-refractivity contribution in [3.8, 4) is 5.75 Å². The highest BCUT2D eigenvalue weighted by Gasteiger charge is 2.14. The molecule has 1 aromatic heterocycles. The normalized spacial score (nSPS) is 11.5. The predicted molar refractivity (Wildman–Crippen MR) is 83.1 cm³/mol. The summed E-state index contributed by atoms with van der Waals surface area (Å²) in [6.07, 6.45) is 1.48. The summed E-state index contributed by atoms with van der Waals surface area (Å²) in [6, 6.07) is 5.05. The van der Waals surface area contributed by atoms with Gasteiger partial charge in [-0.1, -0.05) is 17.7 Å². The number of aromatic nitrogens is 2. The molecular formula is C14H13ClN2O4S. The van der Waals surface area contributed by atoms with Crippen molar-refractivity contribution in [2.75, 3.05) is 6.61 Å². The van der Waals surface area contributed by atoms with Gasteiger partial charge in [0.05, 0.1) is 11.6 Å². The molecule has 8 heteroatoms. The van der Waals surface area contributed by atoms with Gasteiger partial charge in [-0.2, -0.15) is 0 Å². The van der Waals surface area contributed by atoms with Crippen molar-refractivity contribution in [2.24, 2.45) is 0 Å². The maximum absolute atomic E-state index is 11.3. The van der Waals surface area contributed by atoms with Crippen LogP contribution in [0.2, 0.25) is 5.02 Å². The van der Waals surface area contributed by atoms with E-state index in [0.29, 0.717) is 28.8 Å². The summed E-state index contributed by atoms with van der Waals surface area (Å²) in [5.41, 5.74) is 0.634. The Labute approximate surface area is 136 Å². The fourth-order valence-electron chi connectivity index (χ4n) is 1.58. The van der Waals surface area contributed by atoms with Crippen molar-refractivity contribution in [3.05, 3.63) is 39.6 Å². The van der Waals surface area contributed by atoms with E-state index in [1.165, 1.54) is 6.08 Å². The van der Waals surface area contributed by atoms with Crippen LogP contribution >= 0.6 is 23.4 Å². The first-order valence-corrected chi connectivity index (χ1v) is 7.54. The average Bonchev–Trinajstić information content (AvgIpc) is 2.86. The first kappa shape index (κ1) is 16.4. The van der Waals surface area contributed by atoms with E-state index >= 15 is 0 Å². The molecule has 1 aromatic carbocycles. The zero-order chi connectivity index (χ0) is 16.1. The molecule has 0 atom stereocenters. The van der Waals surface area contributed by atoms with Gasteiger partial charge in [0.2, 0.25) is 5.89 Å². The van der Waals surface area contributed by atoms with Crippen molar-refractivity contribution >= 4 is 35.4 Å². The van der Waals surface area contributed by atoms with Crippen LogP contribution in [0.3, 0.4) is 0 Å². The Kier molecular flexibility index (Phi) is 5.46. The van der Waals surface area contributed by atoms with Gasteiger partial charge < -0.3 is 14.3 Å². The smallest absolute Gasteiger partial charge is 0.342 e. The van der Waals surface area contributed by atoms with Gasteiger partial charge in [0.25, 0.3) is 5.22 Å². The van der Waals surface area contributed by atoms with Gasteiger partial charge in [-0.3, -0.25) is 0 Å². The van der Waals surface area contributed by atoms with Gasteiger partial charge in [0, 0.05) is 6.92 Å². The molecule has 0 spiro atoms. The highest BCUT2D eigenvalue weighted by molar-refractivity contribution is 8.03. The molecule has 0 fully saturated rings. The lowest BCUT2D eigenvalue weighted by Gasteiger charge is -2.06. The number of aliphatic carboxylic acids is 1. The standard InChI is InChI=1S/C14H13ClN2O4S/c1-3-20-11-5-4-9(6-10(11)15)7-12(13(18)19)22-14-17-16-8(2)21-14/h4-7H,3H2,1-2H3,(H,18,19)/b12-7-. The Balaban J connectivity index is 2.26. The molecule has 116 valence electrons. The molecule has 0 bridgehead atoms. The van der Waals surface area contributed by atoms with Crippen molar-refractivity contribution in [3.63, 3.8) is 0 Å². The number of thioether (sulfide) groups is 1. The SMILES string of the molecule is CCOc1ccc(/C=C(\Sc2nnc(C)o2)C(=O)O)cc1Cl. The van der Waals surface area contributed by atoms with Gasteiger partial charge in [-0.15, -0.1) is 10.2 Å². The average molecular weight is 341 g/mol. The first-order chi connectivity index (χ1) is 10.5. The van der Waals surface area contributed by atoms with E-state index in [4.69, 9.17) is 20.8 Å². The molecule has 0 aliphatic carbocycles. The fourth-order valence-corrected chi connectivity index (χ4v) is 2.54. The Bertz CT molecular complexity index is 715. The number of ether oxygens (including phenoxy) is 1. The van der Waals surface area contributed by atoms with Crippen LogP contribution < -0.4 is 4.74 Å². The molecule has 0 amide bonds. The number of carboxylic acids is 1. The summed E-state index contributed by atoms with van der Waals surface area (Å²) in [4.78, 5) is 11.4. The van der Waals surface area contributed by atoms with Gasteiger partial charge in [0.15, 0.2) is 0 Å². The maximum atomic E-state index is 11.3. The van der Waals surface area contributed by atoms with Crippen LogP contribution in [0.1, 0.15) is 18.4 Å². The number of benzene rings is 1. The largest absolute Gasteiger partial charge is 0.492 e. The molecule has 1 N–H and O–H groups in total. The molecule has 1 heterocycles. The molecule has 22 heavy (non-hydrogen) atoms. The molecule has 0 radical (unpaired) electrons. The summed E-state index contributed by atoms with van der Waals surface area (Å²) in [5.74, 6) is -0.166. The second-order valence-electron chi connectivity index (χ2n) is 4.13. The van der Waals surface area contributed by atoms with Crippen LogP contribution in [0.5, 0.6) is 5.75 Å². The minimum atomic E-state index is -1.09. The van der Waals surface area contributed by atoms with Crippen LogP contribution in [-0.4, -0.2) is 27.9 Å². The lowest BCUT2D eigenvalue weighted by molar-refractivity contribution is -0.131. The van der Waals surface area contributed by atoms with E-state index in [1.807, 2.05) is 6.92 Å². The second-order valence-corrected chi connectivity index (χ2v) is 5.53. The van der Waals surface area contributed by atoms with Gasteiger partial charge in [-0.05, 0) is 42.5 Å². The number of carbonyl (C=O) groups is 1. The van der Waals surface area contributed by atoms with Crippen molar-refractivity contribution in [1.29, 1.82) is 0 Å². The Hall–Kier alpha value is -1.99. The predicted octanol–water partition coefficient (Wildman–Crippen LogP) is 3.65. The number of hydrogen-bond donors (Lipinski definition) is 1. The van der Waals surface area contributed by atoms with E-state index < -0.39 is 5.97 Å². The quantitative estimate of drug-likeness (QED) is 0.634. The van der Waals surface area contributed by atoms with Crippen LogP contribution in [0.15, 0.2) is 32.7 Å². The Morgan fingerprint density at radius 2 is 2.27 bits per heavy atom. The number of aryl methyl sites for hydroxylation is 1. The lowest BCUT2D eigenvalue weighted by Crippen LogP contribution is -1.97. The fraction of sp³-hybridized carbons (Fsp3) is 0.214. The van der Waals surface area contributed by atoms with E-state index in [-0.39, 0.29) is 10.1 Å². The molecule has 0 aliphatic heterocycles. The van der Waals surface area contributed by atoms with Crippen molar-refractivity contribution < 1.29 is 19.1 Å². The van der Waals surface area contributed by atoms with Gasteiger partial charge >= 0.3 is 5.97 Å². The van der Waals surface area contributed by atoms with E-state index in [1.54, 1.807) is 25.1 Å². The minimum absolute atomic E-state index is 0.0453. The first-order valence-electron chi connectivity index (χ1n) is 6.35. The van der Waals surface area contributed by atoms with E-state index in [0.717, 1.165) is 11.8 Å². The summed E-state index contributed by atoms with van der Waals surface area (Å²) >= 11 is 6.97. The van der Waals surface area contributed by atoms with Crippen LogP contribution in [0, 0.1) is 6.92 Å². The third-order valence-electron chi connectivity index (χ3n) is 2.47. The number of hydrogen-bond acceptors (Lipinski definition) is 6. The molecule has 0 aliphatic rings. The Morgan fingerprint density at radius 1 is 1.50 bits per heavy atom. The third-order valence-corrected chi connectivity index (χ3v) is 3.62. The Morgan fingerprint density at radius 3 is 2.82 bits per heavy atom.